The van der Waals surface area contributed by atoms with Crippen LogP contribution in [-0.4, -0.2) is 125 Å². The van der Waals surface area contributed by atoms with Crippen LogP contribution in [0.5, 0.6) is 0 Å². The lowest BCUT2D eigenvalue weighted by Gasteiger charge is -2.31. The lowest BCUT2D eigenvalue weighted by atomic mass is 10.2. The summed E-state index contributed by atoms with van der Waals surface area (Å²) in [5, 5.41) is 4.37. The van der Waals surface area contributed by atoms with Crippen molar-refractivity contribution in [2.45, 2.75) is 79.5 Å². The highest BCUT2D eigenvalue weighted by atomic mass is 16.7. The zero-order valence-electron chi connectivity index (χ0n) is 33.0. The van der Waals surface area contributed by atoms with E-state index >= 15 is 0 Å². The van der Waals surface area contributed by atoms with Crippen molar-refractivity contribution in [3.63, 3.8) is 0 Å². The molecule has 3 amide bonds. The molecule has 1 fully saturated rings. The number of benzene rings is 3. The third kappa shape index (κ3) is 14.2. The van der Waals surface area contributed by atoms with Crippen molar-refractivity contribution in [2.75, 3.05) is 58.9 Å². The first-order valence-electron chi connectivity index (χ1n) is 19.1. The molecule has 0 radical (unpaired) electrons. The van der Waals surface area contributed by atoms with E-state index in [1.54, 1.807) is 0 Å². The van der Waals surface area contributed by atoms with Gasteiger partial charge >= 0.3 is 0 Å². The van der Waals surface area contributed by atoms with E-state index in [0.29, 0.717) is 39.3 Å². The van der Waals surface area contributed by atoms with Gasteiger partial charge in [0, 0.05) is 39.3 Å². The molecule has 294 valence electrons. The maximum atomic E-state index is 13.8. The molecule has 1 saturated heterocycles. The molecule has 1 heterocycles. The van der Waals surface area contributed by atoms with Gasteiger partial charge in [0.05, 0.1) is 37.8 Å². The summed E-state index contributed by atoms with van der Waals surface area (Å²) in [6.07, 6.45) is 0. The van der Waals surface area contributed by atoms with Gasteiger partial charge in [0.25, 0.3) is 17.7 Å². The minimum absolute atomic E-state index is 0.132. The summed E-state index contributed by atoms with van der Waals surface area (Å²) >= 11 is 0. The van der Waals surface area contributed by atoms with Crippen molar-refractivity contribution >= 4 is 17.7 Å². The summed E-state index contributed by atoms with van der Waals surface area (Å²) in [5.74, 6) is -0.442. The Morgan fingerprint density at radius 3 is 0.870 bits per heavy atom. The number of rotatable bonds is 18. The van der Waals surface area contributed by atoms with Crippen LogP contribution in [-0.2, 0) is 48.7 Å². The highest BCUT2D eigenvalue weighted by Crippen LogP contribution is 2.13. The van der Waals surface area contributed by atoms with E-state index in [-0.39, 0.29) is 75.3 Å². The van der Waals surface area contributed by atoms with Crippen LogP contribution in [0.4, 0.5) is 0 Å². The summed E-state index contributed by atoms with van der Waals surface area (Å²) in [6, 6.07) is 28.8. The van der Waals surface area contributed by atoms with Crippen LogP contribution in [0, 0.1) is 0 Å². The maximum Gasteiger partial charge on any atom is 0.260 e. The van der Waals surface area contributed by atoms with Gasteiger partial charge in [-0.05, 0) is 58.2 Å². The van der Waals surface area contributed by atoms with E-state index in [0.717, 1.165) is 16.7 Å². The molecule has 54 heavy (non-hydrogen) atoms. The predicted octanol–water partition coefficient (Wildman–Crippen LogP) is 5.01. The van der Waals surface area contributed by atoms with E-state index in [1.165, 1.54) is 15.2 Å². The van der Waals surface area contributed by atoms with Crippen molar-refractivity contribution in [2.24, 2.45) is 0 Å². The third-order valence-electron chi connectivity index (χ3n) is 9.06. The van der Waals surface area contributed by atoms with Crippen LogP contribution in [0.2, 0.25) is 0 Å². The Kier molecular flexibility index (Phi) is 17.6. The van der Waals surface area contributed by atoms with Crippen LogP contribution < -0.4 is 0 Å². The van der Waals surface area contributed by atoms with Gasteiger partial charge in [-0.1, -0.05) is 91.0 Å². The zero-order valence-corrected chi connectivity index (χ0v) is 33.0. The topological polar surface area (TPSA) is 98.3 Å². The molecule has 0 atom stereocenters. The van der Waals surface area contributed by atoms with E-state index in [1.807, 2.05) is 133 Å². The number of hydroxylamine groups is 6. The van der Waals surface area contributed by atoms with Gasteiger partial charge in [-0.3, -0.25) is 43.6 Å². The van der Waals surface area contributed by atoms with E-state index in [2.05, 4.69) is 14.7 Å². The number of nitrogens with zero attached hydrogens (tertiary/aromatic N) is 6. The van der Waals surface area contributed by atoms with Gasteiger partial charge < -0.3 is 0 Å². The first kappa shape index (κ1) is 42.6. The molecule has 0 bridgehead atoms. The Morgan fingerprint density at radius 2 is 0.667 bits per heavy atom. The zero-order chi connectivity index (χ0) is 38.9. The standard InChI is InChI=1S/C42H60N6O6/c1-34(2)46(52-31-37-16-10-7-11-17-37)40(49)28-43-22-24-44(29-41(50)47(35(3)4)53-32-38-18-12-8-13-19-38)26-27-45(25-23-43)30-42(51)48(36(5)6)54-33-39-20-14-9-15-21-39/h7-21,34-36H,22-33H2,1-6H3. The Balaban J connectivity index is 1.46. The fourth-order valence-corrected chi connectivity index (χ4v) is 6.12. The summed E-state index contributed by atoms with van der Waals surface area (Å²) in [5.41, 5.74) is 2.93. The van der Waals surface area contributed by atoms with Crippen molar-refractivity contribution < 1.29 is 28.9 Å². The average Bonchev–Trinajstić information content (AvgIpc) is 3.23. The van der Waals surface area contributed by atoms with Crippen LogP contribution in [0.15, 0.2) is 91.0 Å². The molecule has 3 aromatic carbocycles. The monoisotopic (exact) mass is 744 g/mol. The highest BCUT2D eigenvalue weighted by molar-refractivity contribution is 5.78. The van der Waals surface area contributed by atoms with Crippen LogP contribution in [0.3, 0.4) is 0 Å². The molecule has 3 aromatic rings. The molecule has 0 aliphatic carbocycles. The Morgan fingerprint density at radius 1 is 0.444 bits per heavy atom. The largest absolute Gasteiger partial charge is 0.292 e. The lowest BCUT2D eigenvalue weighted by molar-refractivity contribution is -0.204. The molecule has 0 unspecified atom stereocenters. The van der Waals surface area contributed by atoms with E-state index in [4.69, 9.17) is 14.5 Å². The quantitative estimate of drug-likeness (QED) is 0.167. The molecular formula is C42H60N6O6. The summed E-state index contributed by atoms with van der Waals surface area (Å²) in [4.78, 5) is 65.6. The van der Waals surface area contributed by atoms with Gasteiger partial charge in [-0.25, -0.2) is 15.2 Å². The second kappa shape index (κ2) is 22.3. The van der Waals surface area contributed by atoms with Crippen LogP contribution in [0.25, 0.3) is 0 Å². The second-order valence-corrected chi connectivity index (χ2v) is 14.5. The fraction of sp³-hybridized carbons (Fsp3) is 0.500. The molecule has 0 N–H and O–H groups in total. The molecule has 0 spiro atoms. The van der Waals surface area contributed by atoms with Gasteiger partial charge in [-0.2, -0.15) is 0 Å². The Hall–Kier alpha value is -4.17. The number of hydrogen-bond acceptors (Lipinski definition) is 9. The Labute approximate surface area is 322 Å². The highest BCUT2D eigenvalue weighted by Gasteiger charge is 2.28. The van der Waals surface area contributed by atoms with Gasteiger partial charge in [0.2, 0.25) is 0 Å². The molecular weight excluding hydrogens is 684 g/mol. The van der Waals surface area contributed by atoms with Crippen molar-refractivity contribution in [3.05, 3.63) is 108 Å². The molecule has 0 aromatic heterocycles. The first-order chi connectivity index (χ1) is 26.0. The number of carbonyl (C=O) groups excluding carboxylic acids is 3. The van der Waals surface area contributed by atoms with E-state index in [9.17, 15) is 14.4 Å². The number of amides is 3. The van der Waals surface area contributed by atoms with Crippen LogP contribution in [0.1, 0.15) is 58.2 Å². The summed E-state index contributed by atoms with van der Waals surface area (Å²) in [6.45, 7) is 16.2. The molecule has 1 aliphatic heterocycles. The minimum Gasteiger partial charge on any atom is -0.292 e. The normalized spacial score (nSPS) is 14.8. The third-order valence-corrected chi connectivity index (χ3v) is 9.06. The average molecular weight is 745 g/mol. The molecule has 1 aliphatic rings. The smallest absolute Gasteiger partial charge is 0.260 e. The first-order valence-corrected chi connectivity index (χ1v) is 19.1. The summed E-state index contributed by atoms with van der Waals surface area (Å²) in [7, 11) is 0. The van der Waals surface area contributed by atoms with E-state index < -0.39 is 0 Å². The van der Waals surface area contributed by atoms with Crippen molar-refractivity contribution in [3.8, 4) is 0 Å². The SMILES string of the molecule is CC(C)N(OCc1ccccc1)C(=O)CN1CCN(CC(=O)N(OCc2ccccc2)C(C)C)CCN(CC(=O)N(OCc2ccccc2)C(C)C)CC1. The van der Waals surface area contributed by atoms with Gasteiger partial charge in [-0.15, -0.1) is 0 Å². The van der Waals surface area contributed by atoms with Gasteiger partial charge in [0.1, 0.15) is 19.8 Å². The van der Waals surface area contributed by atoms with Crippen molar-refractivity contribution in [1.29, 1.82) is 0 Å². The fourth-order valence-electron chi connectivity index (χ4n) is 6.12. The predicted molar refractivity (Wildman–Crippen MR) is 209 cm³/mol. The second-order valence-electron chi connectivity index (χ2n) is 14.5. The van der Waals surface area contributed by atoms with Gasteiger partial charge in [0.15, 0.2) is 0 Å². The minimum atomic E-state index is -0.169. The summed E-state index contributed by atoms with van der Waals surface area (Å²) < 4.78 is 0. The molecule has 12 nitrogen and oxygen atoms in total. The molecule has 4 rings (SSSR count). The molecule has 0 saturated carbocycles. The Bertz CT molecular complexity index is 1350. The van der Waals surface area contributed by atoms with Crippen LogP contribution >= 0.6 is 0 Å². The maximum absolute atomic E-state index is 13.8. The lowest BCUT2D eigenvalue weighted by Crippen LogP contribution is -2.47. The number of carbonyl (C=O) groups is 3. The number of hydrogen-bond donors (Lipinski definition) is 0. The van der Waals surface area contributed by atoms with Crippen molar-refractivity contribution in [1.82, 2.24) is 29.9 Å². The molecule has 12 heteroatoms.